The highest BCUT2D eigenvalue weighted by Gasteiger charge is 2.47. The van der Waals surface area contributed by atoms with E-state index in [1.165, 1.54) is 18.2 Å². The first-order valence-corrected chi connectivity index (χ1v) is 12.4. The Labute approximate surface area is 181 Å². The van der Waals surface area contributed by atoms with Gasteiger partial charge in [-0.2, -0.15) is 0 Å². The summed E-state index contributed by atoms with van der Waals surface area (Å²) in [6.07, 6.45) is 4.11. The van der Waals surface area contributed by atoms with E-state index in [0.717, 1.165) is 24.7 Å². The molecular weight excluding hydrogens is 422 g/mol. The zero-order chi connectivity index (χ0) is 22.2. The number of amides is 1. The van der Waals surface area contributed by atoms with Gasteiger partial charge in [0.1, 0.15) is 11.6 Å². The summed E-state index contributed by atoms with van der Waals surface area (Å²) >= 11 is 0. The van der Waals surface area contributed by atoms with Crippen molar-refractivity contribution in [3.63, 3.8) is 0 Å². The minimum Gasteiger partial charge on any atom is -0.341 e. The first-order chi connectivity index (χ1) is 14.7. The summed E-state index contributed by atoms with van der Waals surface area (Å²) in [5, 5.41) is 0. The quantitative estimate of drug-likeness (QED) is 0.759. The van der Waals surface area contributed by atoms with Gasteiger partial charge in [0.2, 0.25) is 15.9 Å². The number of likely N-dealkylation sites (tertiary alicyclic amines) is 1. The maximum Gasteiger partial charge on any atom is 0.226 e. The van der Waals surface area contributed by atoms with E-state index in [4.69, 9.17) is 0 Å². The van der Waals surface area contributed by atoms with E-state index in [0.29, 0.717) is 31.5 Å². The van der Waals surface area contributed by atoms with E-state index in [1.807, 2.05) is 12.1 Å². The molecule has 31 heavy (non-hydrogen) atoms. The zero-order valence-electron chi connectivity index (χ0n) is 17.4. The van der Waals surface area contributed by atoms with Crippen LogP contribution in [0, 0.1) is 17.6 Å². The maximum absolute atomic E-state index is 14.4. The number of rotatable bonds is 5. The second-order valence-corrected chi connectivity index (χ2v) is 10.3. The van der Waals surface area contributed by atoms with Crippen molar-refractivity contribution >= 4 is 15.9 Å². The standard InChI is InChI=1S/C23H26F2N2O3S/c1-31(29,30)26-15-7-4-5-12-27(14-15)23(28)19-13-18(19)16-8-2-3-9-17(16)22-20(24)10-6-11-21(22)25/h2-3,6,8-11,15,18-19,26H,4-5,7,12-14H2,1H3. The molecule has 2 aliphatic rings. The summed E-state index contributed by atoms with van der Waals surface area (Å²) in [6.45, 7) is 0.937. The van der Waals surface area contributed by atoms with Gasteiger partial charge in [-0.1, -0.05) is 36.8 Å². The van der Waals surface area contributed by atoms with E-state index < -0.39 is 21.7 Å². The fourth-order valence-corrected chi connectivity index (χ4v) is 5.39. The molecule has 2 aromatic carbocycles. The molecule has 4 rings (SSSR count). The molecule has 1 aliphatic carbocycles. The number of sulfonamides is 1. The first kappa shape index (κ1) is 21.9. The number of carbonyl (C=O) groups is 1. The fraction of sp³-hybridized carbons (Fsp3) is 0.435. The largest absolute Gasteiger partial charge is 0.341 e. The Kier molecular flexibility index (Phi) is 6.12. The van der Waals surface area contributed by atoms with Crippen LogP contribution in [0.15, 0.2) is 42.5 Å². The van der Waals surface area contributed by atoms with Gasteiger partial charge in [-0.05, 0) is 48.4 Å². The highest BCUT2D eigenvalue weighted by atomic mass is 32.2. The lowest BCUT2D eigenvalue weighted by molar-refractivity contribution is -0.132. The van der Waals surface area contributed by atoms with Crippen LogP contribution in [0.5, 0.6) is 0 Å². The second-order valence-electron chi connectivity index (χ2n) is 8.50. The number of nitrogens with one attached hydrogen (secondary N) is 1. The molecule has 1 saturated carbocycles. The minimum absolute atomic E-state index is 0.0176. The minimum atomic E-state index is -3.35. The lowest BCUT2D eigenvalue weighted by atomic mass is 9.95. The van der Waals surface area contributed by atoms with Crippen LogP contribution in [0.3, 0.4) is 0 Å². The van der Waals surface area contributed by atoms with Gasteiger partial charge in [-0.15, -0.1) is 0 Å². The van der Waals surface area contributed by atoms with E-state index in [-0.39, 0.29) is 29.3 Å². The molecule has 0 aromatic heterocycles. The summed E-state index contributed by atoms with van der Waals surface area (Å²) in [5.74, 6) is -1.63. The monoisotopic (exact) mass is 448 g/mol. The summed E-state index contributed by atoms with van der Waals surface area (Å²) in [6, 6.07) is 10.6. The molecule has 0 spiro atoms. The molecule has 1 amide bonds. The van der Waals surface area contributed by atoms with Crippen molar-refractivity contribution in [3.8, 4) is 11.1 Å². The molecule has 1 saturated heterocycles. The molecule has 2 fully saturated rings. The van der Waals surface area contributed by atoms with Gasteiger partial charge in [0.15, 0.2) is 0 Å². The predicted octanol–water partition coefficient (Wildman–Crippen LogP) is 3.67. The van der Waals surface area contributed by atoms with Gasteiger partial charge < -0.3 is 4.90 Å². The molecule has 3 atom stereocenters. The Balaban J connectivity index is 1.53. The van der Waals surface area contributed by atoms with E-state index in [1.54, 1.807) is 17.0 Å². The van der Waals surface area contributed by atoms with Crippen molar-refractivity contribution in [1.82, 2.24) is 9.62 Å². The van der Waals surface area contributed by atoms with Crippen LogP contribution in [0.2, 0.25) is 0 Å². The summed E-state index contributed by atoms with van der Waals surface area (Å²) in [4.78, 5) is 14.9. The lowest BCUT2D eigenvalue weighted by Gasteiger charge is -2.25. The Morgan fingerprint density at radius 3 is 2.48 bits per heavy atom. The summed E-state index contributed by atoms with van der Waals surface area (Å²) < 4.78 is 54.7. The van der Waals surface area contributed by atoms with Gasteiger partial charge in [-0.25, -0.2) is 21.9 Å². The number of benzene rings is 2. The van der Waals surface area contributed by atoms with Crippen LogP contribution in [0.4, 0.5) is 8.78 Å². The van der Waals surface area contributed by atoms with Crippen LogP contribution >= 0.6 is 0 Å². The molecule has 2 aromatic rings. The Morgan fingerprint density at radius 2 is 1.77 bits per heavy atom. The fourth-order valence-electron chi connectivity index (χ4n) is 4.59. The van der Waals surface area contributed by atoms with Crippen LogP contribution in [0.1, 0.15) is 37.2 Å². The average Bonchev–Trinajstić information content (AvgIpc) is 3.51. The lowest BCUT2D eigenvalue weighted by Crippen LogP contribution is -2.44. The zero-order valence-corrected chi connectivity index (χ0v) is 18.2. The molecule has 5 nitrogen and oxygen atoms in total. The van der Waals surface area contributed by atoms with Gasteiger partial charge in [0, 0.05) is 25.0 Å². The third-order valence-electron chi connectivity index (χ3n) is 6.06. The summed E-state index contributed by atoms with van der Waals surface area (Å²) in [7, 11) is -3.35. The highest BCUT2D eigenvalue weighted by Crippen LogP contribution is 2.51. The molecular formula is C23H26F2N2O3S. The third-order valence-corrected chi connectivity index (χ3v) is 6.83. The molecule has 0 bridgehead atoms. The number of carbonyl (C=O) groups excluding carboxylic acids is 1. The first-order valence-electron chi connectivity index (χ1n) is 10.5. The number of hydrogen-bond donors (Lipinski definition) is 1. The second kappa shape index (κ2) is 8.67. The molecule has 166 valence electrons. The van der Waals surface area contributed by atoms with Crippen molar-refractivity contribution in [2.24, 2.45) is 5.92 Å². The predicted molar refractivity (Wildman–Crippen MR) is 115 cm³/mol. The number of halogens is 2. The Morgan fingerprint density at radius 1 is 1.06 bits per heavy atom. The number of hydrogen-bond acceptors (Lipinski definition) is 3. The highest BCUT2D eigenvalue weighted by molar-refractivity contribution is 7.88. The van der Waals surface area contributed by atoms with Gasteiger partial charge in [-0.3, -0.25) is 4.79 Å². The maximum atomic E-state index is 14.4. The summed E-state index contributed by atoms with van der Waals surface area (Å²) in [5.41, 5.74) is 1.18. The Hall–Kier alpha value is -2.32. The molecule has 1 N–H and O–H groups in total. The molecule has 8 heteroatoms. The molecule has 3 unspecified atom stereocenters. The topological polar surface area (TPSA) is 66.5 Å². The SMILES string of the molecule is CS(=O)(=O)NC1CCCCN(C(=O)C2CC2c2ccccc2-c2c(F)cccc2F)C1. The number of nitrogens with zero attached hydrogens (tertiary/aromatic N) is 1. The van der Waals surface area contributed by atoms with E-state index >= 15 is 0 Å². The van der Waals surface area contributed by atoms with Crippen molar-refractivity contribution in [3.05, 3.63) is 59.7 Å². The van der Waals surface area contributed by atoms with Crippen molar-refractivity contribution in [2.45, 2.75) is 37.6 Å². The average molecular weight is 449 g/mol. The molecule has 1 aliphatic heterocycles. The van der Waals surface area contributed by atoms with E-state index in [2.05, 4.69) is 4.72 Å². The van der Waals surface area contributed by atoms with Crippen LogP contribution in [-0.2, 0) is 14.8 Å². The molecule has 0 radical (unpaired) electrons. The Bertz CT molecular complexity index is 1070. The van der Waals surface area contributed by atoms with Crippen molar-refractivity contribution in [1.29, 1.82) is 0 Å². The van der Waals surface area contributed by atoms with Gasteiger partial charge in [0.05, 0.1) is 11.8 Å². The van der Waals surface area contributed by atoms with Crippen molar-refractivity contribution < 1.29 is 22.0 Å². The van der Waals surface area contributed by atoms with Crippen LogP contribution in [-0.4, -0.2) is 44.6 Å². The molecule has 1 heterocycles. The normalized spacial score (nSPS) is 24.0. The van der Waals surface area contributed by atoms with Crippen LogP contribution < -0.4 is 4.72 Å². The van der Waals surface area contributed by atoms with Crippen molar-refractivity contribution in [2.75, 3.05) is 19.3 Å². The van der Waals surface area contributed by atoms with E-state index in [9.17, 15) is 22.0 Å². The van der Waals surface area contributed by atoms with Gasteiger partial charge >= 0.3 is 0 Å². The van der Waals surface area contributed by atoms with Crippen LogP contribution in [0.25, 0.3) is 11.1 Å². The third kappa shape index (κ3) is 4.96. The van der Waals surface area contributed by atoms with Gasteiger partial charge in [0.25, 0.3) is 0 Å². The smallest absolute Gasteiger partial charge is 0.226 e.